The first kappa shape index (κ1) is 12.9. The maximum Gasteiger partial charge on any atom is 0.108 e. The normalized spacial score (nSPS) is 10.3. The topological polar surface area (TPSA) is 55.4 Å². The summed E-state index contributed by atoms with van der Waals surface area (Å²) in [7, 11) is 0. The lowest BCUT2D eigenvalue weighted by atomic mass is 10.2. The predicted molar refractivity (Wildman–Crippen MR) is 77.3 cm³/mol. The summed E-state index contributed by atoms with van der Waals surface area (Å²) in [4.78, 5) is 11.3. The Balaban J connectivity index is 2.04. The average Bonchev–Trinajstić information content (AvgIpc) is 2.38. The van der Waals surface area contributed by atoms with Crippen LogP contribution in [0.4, 0.5) is 11.4 Å². The van der Waals surface area contributed by atoms with Gasteiger partial charge in [0, 0.05) is 21.4 Å². The number of nitrogens with two attached hydrogens (primary N) is 1. The van der Waals surface area contributed by atoms with Crippen LogP contribution in [0, 0.1) is 4.91 Å². The summed E-state index contributed by atoms with van der Waals surface area (Å²) < 4.78 is 0. The fraction of sp³-hybridized carbons (Fsp3) is 0.0769. The summed E-state index contributed by atoms with van der Waals surface area (Å²) in [6.45, 7) is 0. The van der Waals surface area contributed by atoms with Crippen LogP contribution >= 0.6 is 23.4 Å². The van der Waals surface area contributed by atoms with E-state index in [1.165, 1.54) is 0 Å². The van der Waals surface area contributed by atoms with Gasteiger partial charge in [-0.05, 0) is 41.1 Å². The molecule has 0 aromatic heterocycles. The largest absolute Gasteiger partial charge is 0.398 e. The summed E-state index contributed by atoms with van der Waals surface area (Å²) in [6, 6.07) is 12.6. The van der Waals surface area contributed by atoms with E-state index in [1.54, 1.807) is 30.0 Å². The van der Waals surface area contributed by atoms with Crippen molar-refractivity contribution in [3.8, 4) is 0 Å². The molecule has 0 aliphatic heterocycles. The van der Waals surface area contributed by atoms with Crippen LogP contribution in [0.2, 0.25) is 5.02 Å². The van der Waals surface area contributed by atoms with E-state index in [0.29, 0.717) is 16.4 Å². The lowest BCUT2D eigenvalue weighted by Crippen LogP contribution is -1.88. The second-order valence-corrected chi connectivity index (χ2v) is 5.18. The lowest BCUT2D eigenvalue weighted by Gasteiger charge is -2.06. The third-order valence-corrected chi connectivity index (χ3v) is 3.80. The van der Waals surface area contributed by atoms with E-state index in [4.69, 9.17) is 17.3 Å². The quantitative estimate of drug-likeness (QED) is 0.505. The highest BCUT2D eigenvalue weighted by Gasteiger charge is 2.02. The highest BCUT2D eigenvalue weighted by molar-refractivity contribution is 7.98. The monoisotopic (exact) mass is 278 g/mol. The number of thioether (sulfide) groups is 1. The van der Waals surface area contributed by atoms with Gasteiger partial charge in [0.2, 0.25) is 0 Å². The highest BCUT2D eigenvalue weighted by Crippen LogP contribution is 2.30. The van der Waals surface area contributed by atoms with Crippen LogP contribution in [0.25, 0.3) is 0 Å². The predicted octanol–water partition coefficient (Wildman–Crippen LogP) is 4.61. The van der Waals surface area contributed by atoms with Crippen molar-refractivity contribution in [1.29, 1.82) is 0 Å². The molecule has 2 aromatic carbocycles. The van der Waals surface area contributed by atoms with E-state index < -0.39 is 0 Å². The van der Waals surface area contributed by atoms with Crippen molar-refractivity contribution in [2.24, 2.45) is 5.18 Å². The molecule has 18 heavy (non-hydrogen) atoms. The zero-order chi connectivity index (χ0) is 13.0. The number of benzene rings is 2. The van der Waals surface area contributed by atoms with Gasteiger partial charge in [-0.2, -0.15) is 0 Å². The minimum Gasteiger partial charge on any atom is -0.398 e. The molecule has 0 radical (unpaired) electrons. The molecule has 0 aliphatic rings. The SMILES string of the molecule is Nc1cc(Cl)ccc1SCc1ccc(N=O)cc1. The van der Waals surface area contributed by atoms with Crippen molar-refractivity contribution in [3.05, 3.63) is 58.0 Å². The van der Waals surface area contributed by atoms with Gasteiger partial charge in [-0.1, -0.05) is 23.7 Å². The van der Waals surface area contributed by atoms with Crippen LogP contribution in [0.15, 0.2) is 52.5 Å². The zero-order valence-corrected chi connectivity index (χ0v) is 11.0. The van der Waals surface area contributed by atoms with Crippen LogP contribution < -0.4 is 5.73 Å². The molecule has 2 N–H and O–H groups in total. The molecule has 0 unspecified atom stereocenters. The Kier molecular flexibility index (Phi) is 4.23. The number of nitrogens with zero attached hydrogens (tertiary/aromatic N) is 1. The van der Waals surface area contributed by atoms with Gasteiger partial charge in [0.05, 0.1) is 0 Å². The molecule has 0 atom stereocenters. The van der Waals surface area contributed by atoms with Crippen molar-refractivity contribution in [3.63, 3.8) is 0 Å². The first-order chi connectivity index (χ1) is 8.69. The lowest BCUT2D eigenvalue weighted by molar-refractivity contribution is 1.37. The van der Waals surface area contributed by atoms with E-state index in [-0.39, 0.29) is 0 Å². The van der Waals surface area contributed by atoms with Crippen molar-refractivity contribution >= 4 is 34.7 Å². The summed E-state index contributed by atoms with van der Waals surface area (Å²) in [5.41, 5.74) is 8.10. The fourth-order valence-corrected chi connectivity index (χ4v) is 2.55. The molecule has 0 spiro atoms. The van der Waals surface area contributed by atoms with Crippen LogP contribution in [0.1, 0.15) is 5.56 Å². The van der Waals surface area contributed by atoms with E-state index in [2.05, 4.69) is 5.18 Å². The Bertz CT molecular complexity index is 557. The molecule has 5 heteroatoms. The number of halogens is 1. The highest BCUT2D eigenvalue weighted by atomic mass is 35.5. The Morgan fingerprint density at radius 1 is 1.17 bits per heavy atom. The van der Waals surface area contributed by atoms with Gasteiger partial charge in [0.25, 0.3) is 0 Å². The first-order valence-electron chi connectivity index (χ1n) is 5.29. The molecule has 2 aromatic rings. The van der Waals surface area contributed by atoms with E-state index in [0.717, 1.165) is 16.2 Å². The molecule has 0 amide bonds. The first-order valence-corrected chi connectivity index (χ1v) is 6.65. The van der Waals surface area contributed by atoms with Crippen molar-refractivity contribution < 1.29 is 0 Å². The molecule has 3 nitrogen and oxygen atoms in total. The standard InChI is InChI=1S/C13H11ClN2OS/c14-10-3-6-13(12(15)7-10)18-8-9-1-4-11(16-17)5-2-9/h1-7H,8,15H2. The third-order valence-electron chi connectivity index (χ3n) is 2.41. The van der Waals surface area contributed by atoms with E-state index >= 15 is 0 Å². The maximum atomic E-state index is 10.3. The molecule has 0 bridgehead atoms. The molecular formula is C13H11ClN2OS. The van der Waals surface area contributed by atoms with Gasteiger partial charge in [-0.15, -0.1) is 16.7 Å². The minimum atomic E-state index is 0.440. The summed E-state index contributed by atoms with van der Waals surface area (Å²) >= 11 is 7.47. The molecule has 0 heterocycles. The van der Waals surface area contributed by atoms with Crippen molar-refractivity contribution in [2.45, 2.75) is 10.6 Å². The van der Waals surface area contributed by atoms with Crippen molar-refractivity contribution in [1.82, 2.24) is 0 Å². The number of anilines is 1. The average molecular weight is 279 g/mol. The number of rotatable bonds is 4. The number of hydrogen-bond acceptors (Lipinski definition) is 4. The maximum absolute atomic E-state index is 10.3. The summed E-state index contributed by atoms with van der Waals surface area (Å²) in [6.07, 6.45) is 0. The summed E-state index contributed by atoms with van der Waals surface area (Å²) in [5, 5.41) is 3.50. The second kappa shape index (κ2) is 5.89. The smallest absolute Gasteiger partial charge is 0.108 e. The Hall–Kier alpha value is -1.52. The summed E-state index contributed by atoms with van der Waals surface area (Å²) in [5.74, 6) is 0.783. The van der Waals surface area contributed by atoms with Gasteiger partial charge in [-0.3, -0.25) is 0 Å². The number of hydrogen-bond donors (Lipinski definition) is 1. The molecule has 92 valence electrons. The Morgan fingerprint density at radius 2 is 1.89 bits per heavy atom. The van der Waals surface area contributed by atoms with Crippen LogP contribution in [0.3, 0.4) is 0 Å². The Labute approximate surface area is 114 Å². The van der Waals surface area contributed by atoms with E-state index in [9.17, 15) is 4.91 Å². The second-order valence-electron chi connectivity index (χ2n) is 3.73. The van der Waals surface area contributed by atoms with Gasteiger partial charge < -0.3 is 5.73 Å². The molecule has 0 saturated heterocycles. The van der Waals surface area contributed by atoms with E-state index in [1.807, 2.05) is 24.3 Å². The molecule has 0 saturated carbocycles. The Morgan fingerprint density at radius 3 is 2.50 bits per heavy atom. The molecule has 0 fully saturated rings. The van der Waals surface area contributed by atoms with Gasteiger partial charge >= 0.3 is 0 Å². The van der Waals surface area contributed by atoms with Crippen molar-refractivity contribution in [2.75, 3.05) is 5.73 Å². The third kappa shape index (κ3) is 3.24. The molecule has 2 rings (SSSR count). The number of nitrogen functional groups attached to an aromatic ring is 1. The van der Waals surface area contributed by atoms with Gasteiger partial charge in [0.1, 0.15) is 5.69 Å². The van der Waals surface area contributed by atoms with Crippen LogP contribution in [0.5, 0.6) is 0 Å². The zero-order valence-electron chi connectivity index (χ0n) is 9.47. The molecule has 0 aliphatic carbocycles. The van der Waals surface area contributed by atoms with Gasteiger partial charge in [-0.25, -0.2) is 0 Å². The van der Waals surface area contributed by atoms with Crippen LogP contribution in [-0.4, -0.2) is 0 Å². The van der Waals surface area contributed by atoms with Crippen LogP contribution in [-0.2, 0) is 5.75 Å². The molecular weight excluding hydrogens is 268 g/mol. The van der Waals surface area contributed by atoms with Gasteiger partial charge in [0.15, 0.2) is 0 Å². The minimum absolute atomic E-state index is 0.440. The number of nitroso groups, excluding NO2 is 1. The fourth-order valence-electron chi connectivity index (χ4n) is 1.46.